The number of nitrogen functional groups attached to an aromatic ring is 2. The highest BCUT2D eigenvalue weighted by atomic mass is 16.5. The van der Waals surface area contributed by atoms with E-state index in [-0.39, 0.29) is 0 Å². The smallest absolute Gasteiger partial charge is 0.142 e. The van der Waals surface area contributed by atoms with Crippen LogP contribution in [-0.2, 0) is 0 Å². The second-order valence-corrected chi connectivity index (χ2v) is 4.93. The molecule has 0 unspecified atom stereocenters. The van der Waals surface area contributed by atoms with E-state index < -0.39 is 0 Å². The fourth-order valence-corrected chi connectivity index (χ4v) is 1.96. The average molecular weight is 286 g/mol. The van der Waals surface area contributed by atoms with Crippen molar-refractivity contribution in [2.75, 3.05) is 24.7 Å². The summed E-state index contributed by atoms with van der Waals surface area (Å²) in [5.74, 6) is 1.49. The van der Waals surface area contributed by atoms with Gasteiger partial charge in [0.15, 0.2) is 0 Å². The molecule has 0 radical (unpaired) electrons. The Labute approximate surface area is 125 Å². The maximum absolute atomic E-state index is 5.95. The first-order valence-corrected chi connectivity index (χ1v) is 7.13. The van der Waals surface area contributed by atoms with Crippen LogP contribution in [0.15, 0.2) is 42.5 Å². The summed E-state index contributed by atoms with van der Waals surface area (Å²) in [6.45, 7) is 3.22. The molecule has 0 saturated carbocycles. The largest absolute Gasteiger partial charge is 0.491 e. The molecule has 0 aliphatic heterocycles. The molecule has 0 saturated heterocycles. The highest BCUT2D eigenvalue weighted by Crippen LogP contribution is 2.24. The SMILES string of the molecule is Cc1cccc(OCCCCOc2ccccc2N)c1N. The first-order chi connectivity index (χ1) is 10.2. The number of unbranched alkanes of at least 4 members (excludes halogenated alkanes) is 1. The number of anilines is 2. The van der Waals surface area contributed by atoms with Crippen LogP contribution in [0.3, 0.4) is 0 Å². The number of benzene rings is 2. The number of nitrogens with two attached hydrogens (primary N) is 2. The van der Waals surface area contributed by atoms with Gasteiger partial charge in [-0.2, -0.15) is 0 Å². The fraction of sp³-hybridized carbons (Fsp3) is 0.294. The molecule has 0 bridgehead atoms. The second-order valence-electron chi connectivity index (χ2n) is 4.93. The van der Waals surface area contributed by atoms with Gasteiger partial charge in [0.2, 0.25) is 0 Å². The molecule has 2 rings (SSSR count). The molecular formula is C17H22N2O2. The lowest BCUT2D eigenvalue weighted by Crippen LogP contribution is -2.05. The zero-order valence-electron chi connectivity index (χ0n) is 12.3. The van der Waals surface area contributed by atoms with Gasteiger partial charge in [0.05, 0.1) is 24.6 Å². The van der Waals surface area contributed by atoms with Crippen LogP contribution in [0.25, 0.3) is 0 Å². The van der Waals surface area contributed by atoms with E-state index in [1.54, 1.807) is 0 Å². The molecule has 0 spiro atoms. The summed E-state index contributed by atoms with van der Waals surface area (Å²) < 4.78 is 11.3. The normalized spacial score (nSPS) is 10.3. The van der Waals surface area contributed by atoms with Gasteiger partial charge >= 0.3 is 0 Å². The van der Waals surface area contributed by atoms with Crippen molar-refractivity contribution in [3.8, 4) is 11.5 Å². The Balaban J connectivity index is 1.67. The van der Waals surface area contributed by atoms with E-state index in [1.165, 1.54) is 0 Å². The van der Waals surface area contributed by atoms with Gasteiger partial charge in [0, 0.05) is 0 Å². The molecule has 112 valence electrons. The lowest BCUT2D eigenvalue weighted by Gasteiger charge is -2.11. The third-order valence-electron chi connectivity index (χ3n) is 3.26. The summed E-state index contributed by atoms with van der Waals surface area (Å²) >= 11 is 0. The Hall–Kier alpha value is -2.36. The Kier molecular flexibility index (Phi) is 5.32. The van der Waals surface area contributed by atoms with Gasteiger partial charge in [-0.1, -0.05) is 24.3 Å². The van der Waals surface area contributed by atoms with E-state index in [2.05, 4.69) is 0 Å². The van der Waals surface area contributed by atoms with Gasteiger partial charge in [-0.05, 0) is 43.5 Å². The Morgan fingerprint density at radius 1 is 0.810 bits per heavy atom. The first kappa shape index (κ1) is 15.0. The molecule has 0 aromatic heterocycles. The zero-order chi connectivity index (χ0) is 15.1. The minimum absolute atomic E-state index is 0.626. The molecule has 0 heterocycles. The number of aryl methyl sites for hydroxylation is 1. The van der Waals surface area contributed by atoms with Crippen molar-refractivity contribution in [3.05, 3.63) is 48.0 Å². The summed E-state index contributed by atoms with van der Waals surface area (Å²) in [6, 6.07) is 13.3. The molecule has 4 N–H and O–H groups in total. The van der Waals surface area contributed by atoms with Crippen LogP contribution in [-0.4, -0.2) is 13.2 Å². The third-order valence-corrected chi connectivity index (χ3v) is 3.26. The zero-order valence-corrected chi connectivity index (χ0v) is 12.3. The number of para-hydroxylation sites is 3. The quantitative estimate of drug-likeness (QED) is 0.604. The van der Waals surface area contributed by atoms with Gasteiger partial charge in [0.1, 0.15) is 11.5 Å². The van der Waals surface area contributed by atoms with E-state index in [1.807, 2.05) is 49.4 Å². The highest BCUT2D eigenvalue weighted by Gasteiger charge is 2.02. The van der Waals surface area contributed by atoms with Crippen molar-refractivity contribution in [1.29, 1.82) is 0 Å². The van der Waals surface area contributed by atoms with Crippen LogP contribution < -0.4 is 20.9 Å². The molecule has 0 aliphatic rings. The number of hydrogen-bond acceptors (Lipinski definition) is 4. The predicted octanol–water partition coefficient (Wildman–Crippen LogP) is 3.40. The van der Waals surface area contributed by atoms with Gasteiger partial charge in [-0.25, -0.2) is 0 Å². The third kappa shape index (κ3) is 4.31. The van der Waals surface area contributed by atoms with E-state index in [4.69, 9.17) is 20.9 Å². The van der Waals surface area contributed by atoms with Crippen molar-refractivity contribution < 1.29 is 9.47 Å². The van der Waals surface area contributed by atoms with E-state index >= 15 is 0 Å². The maximum Gasteiger partial charge on any atom is 0.142 e. The molecule has 2 aromatic carbocycles. The fourth-order valence-electron chi connectivity index (χ4n) is 1.96. The van der Waals surface area contributed by atoms with Crippen LogP contribution in [0.4, 0.5) is 11.4 Å². The van der Waals surface area contributed by atoms with Crippen LogP contribution >= 0.6 is 0 Å². The van der Waals surface area contributed by atoms with Crippen molar-refractivity contribution in [2.24, 2.45) is 0 Å². The summed E-state index contributed by atoms with van der Waals surface area (Å²) in [5, 5.41) is 0. The molecule has 0 amide bonds. The molecular weight excluding hydrogens is 264 g/mol. The number of ether oxygens (including phenoxy) is 2. The Morgan fingerprint density at radius 2 is 1.43 bits per heavy atom. The number of hydrogen-bond donors (Lipinski definition) is 2. The van der Waals surface area contributed by atoms with Gasteiger partial charge in [-0.15, -0.1) is 0 Å². The molecule has 0 aliphatic carbocycles. The topological polar surface area (TPSA) is 70.5 Å². The van der Waals surface area contributed by atoms with E-state index in [0.717, 1.165) is 29.9 Å². The molecule has 4 nitrogen and oxygen atoms in total. The highest BCUT2D eigenvalue weighted by molar-refractivity contribution is 5.57. The van der Waals surface area contributed by atoms with Crippen molar-refractivity contribution in [1.82, 2.24) is 0 Å². The first-order valence-electron chi connectivity index (χ1n) is 7.13. The van der Waals surface area contributed by atoms with E-state index in [0.29, 0.717) is 24.6 Å². The Bertz CT molecular complexity index is 585. The lowest BCUT2D eigenvalue weighted by molar-refractivity contribution is 0.268. The summed E-state index contributed by atoms with van der Waals surface area (Å²) in [6.07, 6.45) is 1.81. The molecule has 0 fully saturated rings. The monoisotopic (exact) mass is 286 g/mol. The van der Waals surface area contributed by atoms with Gasteiger partial charge < -0.3 is 20.9 Å². The van der Waals surface area contributed by atoms with Crippen LogP contribution in [0.2, 0.25) is 0 Å². The molecule has 21 heavy (non-hydrogen) atoms. The summed E-state index contributed by atoms with van der Waals surface area (Å²) in [7, 11) is 0. The van der Waals surface area contributed by atoms with Crippen molar-refractivity contribution in [3.63, 3.8) is 0 Å². The van der Waals surface area contributed by atoms with Gasteiger partial charge in [0.25, 0.3) is 0 Å². The number of rotatable bonds is 7. The molecule has 4 heteroatoms. The maximum atomic E-state index is 5.95. The standard InChI is InChI=1S/C17H22N2O2/c1-13-7-6-10-16(17(13)19)21-12-5-4-11-20-15-9-3-2-8-14(15)18/h2-3,6-10H,4-5,11-12,18-19H2,1H3. The average Bonchev–Trinajstić information content (AvgIpc) is 2.48. The second kappa shape index (κ2) is 7.43. The minimum Gasteiger partial charge on any atom is -0.491 e. The summed E-state index contributed by atoms with van der Waals surface area (Å²) in [5.41, 5.74) is 14.2. The van der Waals surface area contributed by atoms with Crippen molar-refractivity contribution in [2.45, 2.75) is 19.8 Å². The molecule has 2 aromatic rings. The van der Waals surface area contributed by atoms with Gasteiger partial charge in [-0.3, -0.25) is 0 Å². The van der Waals surface area contributed by atoms with Crippen molar-refractivity contribution >= 4 is 11.4 Å². The molecule has 0 atom stereocenters. The predicted molar refractivity (Wildman–Crippen MR) is 86.7 cm³/mol. The van der Waals surface area contributed by atoms with E-state index in [9.17, 15) is 0 Å². The lowest BCUT2D eigenvalue weighted by atomic mass is 10.2. The van der Waals surface area contributed by atoms with Crippen LogP contribution in [0.5, 0.6) is 11.5 Å². The Morgan fingerprint density at radius 3 is 2.14 bits per heavy atom. The minimum atomic E-state index is 0.626. The van der Waals surface area contributed by atoms with Crippen LogP contribution in [0.1, 0.15) is 18.4 Å². The summed E-state index contributed by atoms with van der Waals surface area (Å²) in [4.78, 5) is 0. The van der Waals surface area contributed by atoms with Crippen LogP contribution in [0, 0.1) is 6.92 Å².